The monoisotopic (exact) mass is 331 g/mol. The Hall–Kier alpha value is -1.62. The molecular weight excluding hydrogens is 305 g/mol. The molecule has 1 aromatic carbocycles. The van der Waals surface area contributed by atoms with Crippen molar-refractivity contribution in [2.75, 3.05) is 20.1 Å². The topological polar surface area (TPSA) is 45.7 Å². The van der Waals surface area contributed by atoms with Gasteiger partial charge < -0.3 is 15.4 Å². The van der Waals surface area contributed by atoms with E-state index in [0.717, 1.165) is 43.9 Å². The summed E-state index contributed by atoms with van der Waals surface area (Å²) in [6, 6.07) is 7.13. The Kier molecular flexibility index (Phi) is 4.21. The predicted octanol–water partition coefficient (Wildman–Crippen LogP) is 2.59. The molecule has 24 heavy (non-hydrogen) atoms. The van der Waals surface area contributed by atoms with Gasteiger partial charge in [0.15, 0.2) is 5.96 Å². The molecule has 0 spiro atoms. The highest BCUT2D eigenvalue weighted by Gasteiger charge is 2.46. The highest BCUT2D eigenvalue weighted by Crippen LogP contribution is 2.48. The minimum Gasteiger partial charge on any atom is -0.375 e. The van der Waals surface area contributed by atoms with E-state index in [-0.39, 0.29) is 11.2 Å². The molecule has 0 aromatic heterocycles. The van der Waals surface area contributed by atoms with Crippen LogP contribution in [0.15, 0.2) is 29.3 Å². The number of benzene rings is 1. The van der Waals surface area contributed by atoms with E-state index >= 15 is 0 Å². The fourth-order valence-electron chi connectivity index (χ4n) is 4.24. The first kappa shape index (κ1) is 15.9. The summed E-state index contributed by atoms with van der Waals surface area (Å²) in [6.45, 7) is 1.62. The van der Waals surface area contributed by atoms with Crippen LogP contribution < -0.4 is 10.6 Å². The number of hydrogen-bond donors (Lipinski definition) is 2. The van der Waals surface area contributed by atoms with E-state index in [4.69, 9.17) is 4.74 Å². The number of rotatable bonds is 5. The number of nitrogens with one attached hydrogen (secondary N) is 2. The van der Waals surface area contributed by atoms with Crippen molar-refractivity contribution in [2.45, 2.75) is 49.7 Å². The maximum Gasteiger partial charge on any atom is 0.191 e. The second kappa shape index (κ2) is 6.36. The Morgan fingerprint density at radius 1 is 1.29 bits per heavy atom. The standard InChI is InChI=1S/C19H26FN3O/c1-21-18(22-11-13-10-14-6-7-17(13)24-14)23-12-19(8-9-19)15-4-2-3-5-16(15)20/h2-5,13-14,17H,6-12H2,1H3,(H2,21,22,23)/t13-,14+,17+/m0/s1. The van der Waals surface area contributed by atoms with Crippen LogP contribution >= 0.6 is 0 Å². The molecule has 1 aliphatic carbocycles. The summed E-state index contributed by atoms with van der Waals surface area (Å²) in [5.74, 6) is 1.29. The van der Waals surface area contributed by atoms with Gasteiger partial charge in [0.05, 0.1) is 12.2 Å². The van der Waals surface area contributed by atoms with Gasteiger partial charge in [-0.2, -0.15) is 0 Å². The van der Waals surface area contributed by atoms with Crippen LogP contribution in [0, 0.1) is 11.7 Å². The average molecular weight is 331 g/mol. The van der Waals surface area contributed by atoms with Gasteiger partial charge in [0.25, 0.3) is 0 Å². The van der Waals surface area contributed by atoms with Crippen molar-refractivity contribution in [1.82, 2.24) is 10.6 Å². The molecule has 1 aromatic rings. The van der Waals surface area contributed by atoms with Crippen molar-refractivity contribution in [2.24, 2.45) is 10.9 Å². The Balaban J connectivity index is 1.30. The smallest absolute Gasteiger partial charge is 0.191 e. The van der Waals surface area contributed by atoms with Crippen molar-refractivity contribution >= 4 is 5.96 Å². The number of guanidine groups is 1. The van der Waals surface area contributed by atoms with Gasteiger partial charge in [-0.1, -0.05) is 18.2 Å². The summed E-state index contributed by atoms with van der Waals surface area (Å²) >= 11 is 0. The Morgan fingerprint density at radius 3 is 2.75 bits per heavy atom. The number of hydrogen-bond acceptors (Lipinski definition) is 2. The van der Waals surface area contributed by atoms with E-state index < -0.39 is 0 Å². The second-order valence-corrected chi connectivity index (χ2v) is 7.44. The van der Waals surface area contributed by atoms with Crippen LogP contribution in [0.4, 0.5) is 4.39 Å². The first-order valence-corrected chi connectivity index (χ1v) is 9.05. The summed E-state index contributed by atoms with van der Waals surface area (Å²) in [5, 5.41) is 6.83. The molecule has 4 rings (SSSR count). The van der Waals surface area contributed by atoms with Crippen molar-refractivity contribution in [3.8, 4) is 0 Å². The zero-order valence-corrected chi connectivity index (χ0v) is 14.2. The van der Waals surface area contributed by atoms with Crippen LogP contribution in [0.2, 0.25) is 0 Å². The highest BCUT2D eigenvalue weighted by atomic mass is 19.1. The molecule has 2 heterocycles. The molecule has 2 saturated heterocycles. The number of aliphatic imine (C=N–C) groups is 1. The number of halogens is 1. The lowest BCUT2D eigenvalue weighted by molar-refractivity contribution is 0.0930. The molecule has 0 unspecified atom stereocenters. The third kappa shape index (κ3) is 3.02. The van der Waals surface area contributed by atoms with Crippen LogP contribution in [-0.2, 0) is 10.2 Å². The molecule has 1 saturated carbocycles. The molecular formula is C19H26FN3O. The normalized spacial score (nSPS) is 30.4. The molecule has 2 N–H and O–H groups in total. The molecule has 3 atom stereocenters. The van der Waals surface area contributed by atoms with Gasteiger partial charge in [-0.25, -0.2) is 4.39 Å². The average Bonchev–Trinajstić information content (AvgIpc) is 3.08. The van der Waals surface area contributed by atoms with Gasteiger partial charge in [0.2, 0.25) is 0 Å². The van der Waals surface area contributed by atoms with E-state index in [0.29, 0.717) is 18.1 Å². The maximum atomic E-state index is 14.1. The number of fused-ring (bicyclic) bond motifs is 2. The number of nitrogens with zero attached hydrogens (tertiary/aromatic N) is 1. The van der Waals surface area contributed by atoms with Crippen LogP contribution in [0.3, 0.4) is 0 Å². The molecule has 130 valence electrons. The van der Waals surface area contributed by atoms with Crippen LogP contribution in [0.1, 0.15) is 37.7 Å². The summed E-state index contributed by atoms with van der Waals surface area (Å²) in [7, 11) is 1.79. The summed E-state index contributed by atoms with van der Waals surface area (Å²) in [4.78, 5) is 4.32. The Labute approximate surface area is 142 Å². The fraction of sp³-hybridized carbons (Fsp3) is 0.632. The van der Waals surface area contributed by atoms with Gasteiger partial charge in [0, 0.05) is 31.5 Å². The number of ether oxygens (including phenoxy) is 1. The molecule has 0 radical (unpaired) electrons. The molecule has 3 aliphatic rings. The first-order chi connectivity index (χ1) is 11.7. The molecule has 5 heteroatoms. The van der Waals surface area contributed by atoms with Crippen molar-refractivity contribution in [1.29, 1.82) is 0 Å². The van der Waals surface area contributed by atoms with Crippen LogP contribution in [-0.4, -0.2) is 38.3 Å². The van der Waals surface area contributed by atoms with Crippen LogP contribution in [0.25, 0.3) is 0 Å². The van der Waals surface area contributed by atoms with Crippen molar-refractivity contribution < 1.29 is 9.13 Å². The first-order valence-electron chi connectivity index (χ1n) is 9.05. The maximum absolute atomic E-state index is 14.1. The minimum atomic E-state index is -0.0983. The molecule has 3 fully saturated rings. The van der Waals surface area contributed by atoms with Gasteiger partial charge in [-0.05, 0) is 43.7 Å². The summed E-state index contributed by atoms with van der Waals surface area (Å²) in [6.07, 6.45) is 6.53. The van der Waals surface area contributed by atoms with Gasteiger partial charge in [-0.15, -0.1) is 0 Å². The lowest BCUT2D eigenvalue weighted by Crippen LogP contribution is -2.44. The fourth-order valence-corrected chi connectivity index (χ4v) is 4.24. The van der Waals surface area contributed by atoms with E-state index in [2.05, 4.69) is 15.6 Å². The molecule has 0 amide bonds. The zero-order chi connectivity index (χ0) is 16.6. The van der Waals surface area contributed by atoms with E-state index in [1.54, 1.807) is 19.2 Å². The van der Waals surface area contributed by atoms with E-state index in [1.807, 2.05) is 12.1 Å². The Morgan fingerprint density at radius 2 is 2.12 bits per heavy atom. The third-order valence-electron chi connectivity index (χ3n) is 5.88. The third-order valence-corrected chi connectivity index (χ3v) is 5.88. The molecule has 4 nitrogen and oxygen atoms in total. The molecule has 2 aliphatic heterocycles. The minimum absolute atomic E-state index is 0.0709. The largest absolute Gasteiger partial charge is 0.375 e. The van der Waals surface area contributed by atoms with E-state index in [9.17, 15) is 4.39 Å². The van der Waals surface area contributed by atoms with E-state index in [1.165, 1.54) is 12.8 Å². The van der Waals surface area contributed by atoms with Gasteiger partial charge in [-0.3, -0.25) is 4.99 Å². The highest BCUT2D eigenvalue weighted by molar-refractivity contribution is 5.79. The van der Waals surface area contributed by atoms with Crippen LogP contribution in [0.5, 0.6) is 0 Å². The molecule has 2 bridgehead atoms. The Bertz CT molecular complexity index is 629. The lowest BCUT2D eigenvalue weighted by atomic mass is 9.89. The summed E-state index contributed by atoms with van der Waals surface area (Å²) < 4.78 is 20.0. The van der Waals surface area contributed by atoms with Crippen molar-refractivity contribution in [3.05, 3.63) is 35.6 Å². The van der Waals surface area contributed by atoms with Gasteiger partial charge >= 0.3 is 0 Å². The second-order valence-electron chi connectivity index (χ2n) is 7.44. The zero-order valence-electron chi connectivity index (χ0n) is 14.2. The predicted molar refractivity (Wildman–Crippen MR) is 92.7 cm³/mol. The van der Waals surface area contributed by atoms with Gasteiger partial charge in [0.1, 0.15) is 5.82 Å². The SMILES string of the molecule is CN=C(NC[C@@H]1C[C@H]2CC[C@H]1O2)NCC1(c2ccccc2F)CC1. The lowest BCUT2D eigenvalue weighted by Gasteiger charge is -2.22. The van der Waals surface area contributed by atoms with Crippen molar-refractivity contribution in [3.63, 3.8) is 0 Å². The summed E-state index contributed by atoms with van der Waals surface area (Å²) in [5.41, 5.74) is 0.757. The quantitative estimate of drug-likeness (QED) is 0.644.